The number of benzene rings is 4. The molecule has 0 spiro atoms. The lowest BCUT2D eigenvalue weighted by Gasteiger charge is -2.37. The SMILES string of the molecule is Brc1ccc2c(c1Br)C(c1ccc3c(c1)CC3)(c1ccc3c(c1)CC3)c1ccccc1-2. The van der Waals surface area contributed by atoms with Gasteiger partial charge in [0, 0.05) is 8.95 Å². The molecule has 0 amide bonds. The maximum Gasteiger partial charge on any atom is 0.0725 e. The Kier molecular flexibility index (Phi) is 3.82. The van der Waals surface area contributed by atoms with Gasteiger partial charge in [-0.15, -0.1) is 0 Å². The molecule has 0 nitrogen and oxygen atoms in total. The highest BCUT2D eigenvalue weighted by Gasteiger charge is 2.48. The Labute approximate surface area is 199 Å². The highest BCUT2D eigenvalue weighted by Crippen LogP contribution is 2.59. The van der Waals surface area contributed by atoms with Crippen molar-refractivity contribution in [3.8, 4) is 11.1 Å². The van der Waals surface area contributed by atoms with Crippen molar-refractivity contribution in [2.75, 3.05) is 0 Å². The fraction of sp³-hybridized carbons (Fsp3) is 0.172. The molecular formula is C29H20Br2. The maximum absolute atomic E-state index is 4.01. The summed E-state index contributed by atoms with van der Waals surface area (Å²) >= 11 is 7.83. The summed E-state index contributed by atoms with van der Waals surface area (Å²) in [6, 6.07) is 27.9. The first-order chi connectivity index (χ1) is 15.2. The molecule has 2 heteroatoms. The summed E-state index contributed by atoms with van der Waals surface area (Å²) in [5.41, 5.74) is 13.9. The predicted molar refractivity (Wildman–Crippen MR) is 134 cm³/mol. The Bertz CT molecular complexity index is 1360. The van der Waals surface area contributed by atoms with Crippen LogP contribution in [0, 0.1) is 0 Å². The molecule has 150 valence electrons. The normalized spacial score (nSPS) is 16.5. The summed E-state index contributed by atoms with van der Waals surface area (Å²) in [7, 11) is 0. The fourth-order valence-corrected chi connectivity index (χ4v) is 6.92. The summed E-state index contributed by atoms with van der Waals surface area (Å²) in [6.07, 6.45) is 4.81. The van der Waals surface area contributed by atoms with Gasteiger partial charge in [0.05, 0.1) is 5.41 Å². The largest absolute Gasteiger partial charge is 0.0725 e. The summed E-state index contributed by atoms with van der Waals surface area (Å²) < 4.78 is 2.27. The van der Waals surface area contributed by atoms with Crippen molar-refractivity contribution in [3.05, 3.63) is 126 Å². The van der Waals surface area contributed by atoms with Gasteiger partial charge in [-0.1, -0.05) is 66.7 Å². The Balaban J connectivity index is 1.66. The molecule has 0 bridgehead atoms. The third-order valence-corrected chi connectivity index (χ3v) is 9.71. The minimum Gasteiger partial charge on any atom is -0.0619 e. The summed E-state index contributed by atoms with van der Waals surface area (Å²) in [4.78, 5) is 0. The van der Waals surface area contributed by atoms with Crippen molar-refractivity contribution < 1.29 is 0 Å². The molecule has 0 fully saturated rings. The summed E-state index contributed by atoms with van der Waals surface area (Å²) in [5.74, 6) is 0. The van der Waals surface area contributed by atoms with E-state index in [-0.39, 0.29) is 5.41 Å². The van der Waals surface area contributed by atoms with Gasteiger partial charge in [0.15, 0.2) is 0 Å². The Morgan fingerprint density at radius 1 is 0.581 bits per heavy atom. The van der Waals surface area contributed by atoms with Crippen molar-refractivity contribution in [2.24, 2.45) is 0 Å². The van der Waals surface area contributed by atoms with Crippen LogP contribution in [0.4, 0.5) is 0 Å². The van der Waals surface area contributed by atoms with Crippen LogP contribution in [0.5, 0.6) is 0 Å². The molecule has 31 heavy (non-hydrogen) atoms. The first-order valence-electron chi connectivity index (χ1n) is 11.0. The zero-order chi connectivity index (χ0) is 20.7. The van der Waals surface area contributed by atoms with Crippen molar-refractivity contribution >= 4 is 31.9 Å². The molecule has 3 aliphatic rings. The Morgan fingerprint density at radius 3 is 1.77 bits per heavy atom. The van der Waals surface area contributed by atoms with E-state index in [0.717, 1.165) is 8.95 Å². The molecule has 4 aromatic carbocycles. The average molecular weight is 528 g/mol. The smallest absolute Gasteiger partial charge is 0.0619 e. The summed E-state index contributed by atoms with van der Waals surface area (Å²) in [5, 5.41) is 0. The zero-order valence-electron chi connectivity index (χ0n) is 17.0. The lowest BCUT2D eigenvalue weighted by Crippen LogP contribution is -2.30. The van der Waals surface area contributed by atoms with Gasteiger partial charge in [-0.25, -0.2) is 0 Å². The van der Waals surface area contributed by atoms with Gasteiger partial charge in [0.25, 0.3) is 0 Å². The molecule has 3 aliphatic carbocycles. The highest BCUT2D eigenvalue weighted by molar-refractivity contribution is 9.13. The molecule has 0 saturated heterocycles. The lowest BCUT2D eigenvalue weighted by atomic mass is 9.65. The van der Waals surface area contributed by atoms with Crippen LogP contribution < -0.4 is 0 Å². The van der Waals surface area contributed by atoms with E-state index < -0.39 is 0 Å². The van der Waals surface area contributed by atoms with Crippen LogP contribution in [0.25, 0.3) is 11.1 Å². The van der Waals surface area contributed by atoms with Crippen molar-refractivity contribution in [3.63, 3.8) is 0 Å². The third kappa shape index (κ3) is 2.30. The Hall–Kier alpha value is -2.16. The van der Waals surface area contributed by atoms with Crippen LogP contribution in [0.2, 0.25) is 0 Å². The zero-order valence-corrected chi connectivity index (χ0v) is 20.2. The van der Waals surface area contributed by atoms with Crippen LogP contribution in [-0.2, 0) is 31.1 Å². The van der Waals surface area contributed by atoms with Crippen molar-refractivity contribution in [1.82, 2.24) is 0 Å². The minimum absolute atomic E-state index is 0.316. The monoisotopic (exact) mass is 526 g/mol. The molecule has 0 unspecified atom stereocenters. The minimum atomic E-state index is -0.316. The van der Waals surface area contributed by atoms with Gasteiger partial charge >= 0.3 is 0 Å². The van der Waals surface area contributed by atoms with E-state index in [1.54, 1.807) is 0 Å². The van der Waals surface area contributed by atoms with Gasteiger partial charge in [-0.2, -0.15) is 0 Å². The second-order valence-corrected chi connectivity index (χ2v) is 10.7. The second kappa shape index (κ2) is 6.43. The Morgan fingerprint density at radius 2 is 1.19 bits per heavy atom. The van der Waals surface area contributed by atoms with Gasteiger partial charge in [0.2, 0.25) is 0 Å². The lowest BCUT2D eigenvalue weighted by molar-refractivity contribution is 0.736. The van der Waals surface area contributed by atoms with E-state index in [2.05, 4.69) is 105 Å². The predicted octanol–water partition coefficient (Wildman–Crippen LogP) is 7.77. The fourth-order valence-electron chi connectivity index (χ4n) is 5.94. The van der Waals surface area contributed by atoms with E-state index in [1.807, 2.05) is 0 Å². The van der Waals surface area contributed by atoms with E-state index >= 15 is 0 Å². The molecule has 0 atom stereocenters. The van der Waals surface area contributed by atoms with Gasteiger partial charge < -0.3 is 0 Å². The van der Waals surface area contributed by atoms with Gasteiger partial charge in [0.1, 0.15) is 0 Å². The molecule has 0 radical (unpaired) electrons. The molecule has 4 aromatic rings. The van der Waals surface area contributed by atoms with E-state index in [0.29, 0.717) is 0 Å². The van der Waals surface area contributed by atoms with Crippen LogP contribution >= 0.6 is 31.9 Å². The summed E-state index contributed by atoms with van der Waals surface area (Å²) in [6.45, 7) is 0. The van der Waals surface area contributed by atoms with E-state index in [9.17, 15) is 0 Å². The number of hydrogen-bond donors (Lipinski definition) is 0. The van der Waals surface area contributed by atoms with E-state index in [4.69, 9.17) is 0 Å². The van der Waals surface area contributed by atoms with Gasteiger partial charge in [-0.05, 0) is 119 Å². The van der Waals surface area contributed by atoms with Crippen LogP contribution in [0.15, 0.2) is 81.7 Å². The average Bonchev–Trinajstić information content (AvgIpc) is 3.05. The number of aryl methyl sites for hydroxylation is 4. The number of rotatable bonds is 2. The van der Waals surface area contributed by atoms with Crippen LogP contribution in [-0.4, -0.2) is 0 Å². The molecule has 0 saturated carbocycles. The molecule has 0 N–H and O–H groups in total. The second-order valence-electron chi connectivity index (χ2n) is 9.05. The first kappa shape index (κ1) is 18.4. The molecule has 0 aromatic heterocycles. The van der Waals surface area contributed by atoms with Gasteiger partial charge in [-0.3, -0.25) is 0 Å². The van der Waals surface area contributed by atoms with Crippen molar-refractivity contribution in [1.29, 1.82) is 0 Å². The molecule has 0 heterocycles. The van der Waals surface area contributed by atoms with Crippen molar-refractivity contribution in [2.45, 2.75) is 31.1 Å². The third-order valence-electron chi connectivity index (χ3n) is 7.70. The number of hydrogen-bond acceptors (Lipinski definition) is 0. The maximum atomic E-state index is 4.01. The molecular weight excluding hydrogens is 508 g/mol. The quantitative estimate of drug-likeness (QED) is 0.220. The standard InChI is InChI=1S/C29H20Br2/c30-26-14-13-24-23-3-1-2-4-25(23)29(27(24)28(26)31,21-11-9-17-5-7-19(17)15-21)22-12-10-18-6-8-20(18)16-22/h1-4,9-16H,5-8H2. The number of halogens is 2. The van der Waals surface area contributed by atoms with Crippen LogP contribution in [0.1, 0.15) is 44.5 Å². The highest BCUT2D eigenvalue weighted by atomic mass is 79.9. The molecule has 7 rings (SSSR count). The number of fused-ring (bicyclic) bond motifs is 5. The topological polar surface area (TPSA) is 0 Å². The van der Waals surface area contributed by atoms with E-state index in [1.165, 1.54) is 81.3 Å². The molecule has 0 aliphatic heterocycles. The first-order valence-corrected chi connectivity index (χ1v) is 12.6. The van der Waals surface area contributed by atoms with Crippen LogP contribution in [0.3, 0.4) is 0 Å².